The van der Waals surface area contributed by atoms with E-state index in [9.17, 15) is 0 Å². The number of nitrogens with one attached hydrogen (secondary N) is 1. The molecule has 0 aromatic heterocycles. The van der Waals surface area contributed by atoms with Crippen molar-refractivity contribution in [3.05, 3.63) is 29.8 Å². The summed E-state index contributed by atoms with van der Waals surface area (Å²) in [7, 11) is 1.71. The highest BCUT2D eigenvalue weighted by Crippen LogP contribution is 2.18. The van der Waals surface area contributed by atoms with E-state index in [2.05, 4.69) is 22.3 Å². The third-order valence-corrected chi connectivity index (χ3v) is 2.74. The zero-order chi connectivity index (χ0) is 10.5. The van der Waals surface area contributed by atoms with E-state index in [4.69, 9.17) is 4.74 Å². The molecule has 3 heteroatoms. The molecule has 81 valence electrons. The fourth-order valence-electron chi connectivity index (χ4n) is 1.88. The number of benzene rings is 1. The summed E-state index contributed by atoms with van der Waals surface area (Å²) in [6, 6.07) is 8.96. The Kier molecular flexibility index (Phi) is 3.59. The second kappa shape index (κ2) is 5.14. The SMILES string of the molecule is COc1c[c]ccc1CN1CCNCC1. The van der Waals surface area contributed by atoms with E-state index in [1.807, 2.05) is 12.1 Å². The minimum Gasteiger partial charge on any atom is -0.496 e. The van der Waals surface area contributed by atoms with Crippen molar-refractivity contribution >= 4 is 0 Å². The van der Waals surface area contributed by atoms with Gasteiger partial charge in [0.25, 0.3) is 0 Å². The first-order chi connectivity index (χ1) is 7.40. The van der Waals surface area contributed by atoms with Crippen LogP contribution >= 0.6 is 0 Å². The zero-order valence-electron chi connectivity index (χ0n) is 9.12. The first-order valence-electron chi connectivity index (χ1n) is 5.36. The Morgan fingerprint density at radius 2 is 2.27 bits per heavy atom. The van der Waals surface area contributed by atoms with E-state index in [0.717, 1.165) is 38.5 Å². The summed E-state index contributed by atoms with van der Waals surface area (Å²) in [4.78, 5) is 2.44. The predicted molar refractivity (Wildman–Crippen MR) is 60.0 cm³/mol. The Hall–Kier alpha value is -1.06. The molecular weight excluding hydrogens is 188 g/mol. The van der Waals surface area contributed by atoms with Gasteiger partial charge in [-0.3, -0.25) is 4.90 Å². The van der Waals surface area contributed by atoms with Crippen LogP contribution in [0.3, 0.4) is 0 Å². The Labute approximate surface area is 91.0 Å². The minimum absolute atomic E-state index is 0.941. The number of hydrogen-bond acceptors (Lipinski definition) is 3. The maximum atomic E-state index is 5.31. The van der Waals surface area contributed by atoms with Gasteiger partial charge in [0.1, 0.15) is 5.75 Å². The average molecular weight is 205 g/mol. The second-order valence-electron chi connectivity index (χ2n) is 3.76. The van der Waals surface area contributed by atoms with Crippen LogP contribution in [0.4, 0.5) is 0 Å². The summed E-state index contributed by atoms with van der Waals surface area (Å²) in [6.07, 6.45) is 0. The normalized spacial score (nSPS) is 17.7. The lowest BCUT2D eigenvalue weighted by Crippen LogP contribution is -2.42. The van der Waals surface area contributed by atoms with Crippen LogP contribution in [-0.4, -0.2) is 38.2 Å². The van der Waals surface area contributed by atoms with Crippen molar-refractivity contribution in [2.24, 2.45) is 0 Å². The topological polar surface area (TPSA) is 24.5 Å². The molecule has 1 N–H and O–H groups in total. The molecule has 1 aliphatic heterocycles. The van der Waals surface area contributed by atoms with Crippen molar-refractivity contribution in [2.75, 3.05) is 33.3 Å². The van der Waals surface area contributed by atoms with Crippen molar-refractivity contribution in [3.8, 4) is 5.75 Å². The average Bonchev–Trinajstić information content (AvgIpc) is 2.31. The Balaban J connectivity index is 2.02. The molecule has 0 atom stereocenters. The summed E-state index contributed by atoms with van der Waals surface area (Å²) in [5, 5.41) is 3.35. The Bertz CT molecular complexity index is 308. The smallest absolute Gasteiger partial charge is 0.123 e. The summed E-state index contributed by atoms with van der Waals surface area (Å²) < 4.78 is 5.31. The Morgan fingerprint density at radius 3 is 3.00 bits per heavy atom. The quantitative estimate of drug-likeness (QED) is 0.793. The predicted octanol–water partition coefficient (Wildman–Crippen LogP) is 0.901. The van der Waals surface area contributed by atoms with Crippen molar-refractivity contribution in [1.82, 2.24) is 10.2 Å². The summed E-state index contributed by atoms with van der Waals surface area (Å²) >= 11 is 0. The number of ether oxygens (including phenoxy) is 1. The van der Waals surface area contributed by atoms with Crippen LogP contribution in [0.5, 0.6) is 5.75 Å². The molecule has 2 rings (SSSR count). The second-order valence-corrected chi connectivity index (χ2v) is 3.76. The molecule has 0 unspecified atom stereocenters. The largest absolute Gasteiger partial charge is 0.496 e. The van der Waals surface area contributed by atoms with E-state index in [0.29, 0.717) is 0 Å². The summed E-state index contributed by atoms with van der Waals surface area (Å²) in [6.45, 7) is 5.37. The third kappa shape index (κ3) is 2.70. The van der Waals surface area contributed by atoms with Gasteiger partial charge in [0.15, 0.2) is 0 Å². The lowest BCUT2D eigenvalue weighted by Gasteiger charge is -2.27. The molecule has 0 amide bonds. The fraction of sp³-hybridized carbons (Fsp3) is 0.500. The maximum absolute atomic E-state index is 5.31. The molecule has 0 saturated carbocycles. The third-order valence-electron chi connectivity index (χ3n) is 2.74. The van der Waals surface area contributed by atoms with Crippen LogP contribution in [-0.2, 0) is 6.54 Å². The molecule has 0 bridgehead atoms. The molecule has 1 saturated heterocycles. The van der Waals surface area contributed by atoms with Gasteiger partial charge >= 0.3 is 0 Å². The van der Waals surface area contributed by atoms with Crippen molar-refractivity contribution < 1.29 is 4.74 Å². The van der Waals surface area contributed by atoms with Crippen LogP contribution < -0.4 is 10.1 Å². The maximum Gasteiger partial charge on any atom is 0.123 e. The highest BCUT2D eigenvalue weighted by molar-refractivity contribution is 5.32. The number of piperazine rings is 1. The molecule has 1 aromatic carbocycles. The van der Waals surface area contributed by atoms with E-state index in [1.165, 1.54) is 5.56 Å². The van der Waals surface area contributed by atoms with E-state index in [1.54, 1.807) is 7.11 Å². The molecule has 1 heterocycles. The monoisotopic (exact) mass is 205 g/mol. The highest BCUT2D eigenvalue weighted by Gasteiger charge is 2.11. The molecule has 1 radical (unpaired) electrons. The lowest BCUT2D eigenvalue weighted by atomic mass is 10.2. The van der Waals surface area contributed by atoms with Gasteiger partial charge in [-0.2, -0.15) is 0 Å². The van der Waals surface area contributed by atoms with E-state index >= 15 is 0 Å². The van der Waals surface area contributed by atoms with Crippen molar-refractivity contribution in [2.45, 2.75) is 6.54 Å². The van der Waals surface area contributed by atoms with Gasteiger partial charge in [0.2, 0.25) is 0 Å². The van der Waals surface area contributed by atoms with Crippen LogP contribution in [0.1, 0.15) is 5.56 Å². The number of hydrogen-bond donors (Lipinski definition) is 1. The number of nitrogens with zero attached hydrogens (tertiary/aromatic N) is 1. The van der Waals surface area contributed by atoms with Gasteiger partial charge < -0.3 is 10.1 Å². The van der Waals surface area contributed by atoms with Gasteiger partial charge in [0, 0.05) is 38.3 Å². The summed E-state index contributed by atoms with van der Waals surface area (Å²) in [5.74, 6) is 0.941. The van der Waals surface area contributed by atoms with Gasteiger partial charge in [-0.1, -0.05) is 12.1 Å². The first-order valence-corrected chi connectivity index (χ1v) is 5.36. The fourth-order valence-corrected chi connectivity index (χ4v) is 1.88. The molecule has 0 spiro atoms. The lowest BCUT2D eigenvalue weighted by molar-refractivity contribution is 0.230. The highest BCUT2D eigenvalue weighted by atomic mass is 16.5. The van der Waals surface area contributed by atoms with Gasteiger partial charge in [-0.05, 0) is 12.1 Å². The van der Waals surface area contributed by atoms with E-state index in [-0.39, 0.29) is 0 Å². The first kappa shape index (κ1) is 10.5. The van der Waals surface area contributed by atoms with Crippen LogP contribution in [0.25, 0.3) is 0 Å². The summed E-state index contributed by atoms with van der Waals surface area (Å²) in [5.41, 5.74) is 1.25. The molecule has 1 aromatic rings. The number of methoxy groups -OCH3 is 1. The standard InChI is InChI=1S/C12H17N2O/c1-15-12-5-3-2-4-11(12)10-14-8-6-13-7-9-14/h2,4-5,13H,6-10H2,1H3. The molecule has 15 heavy (non-hydrogen) atoms. The van der Waals surface area contributed by atoms with Crippen molar-refractivity contribution in [3.63, 3.8) is 0 Å². The zero-order valence-corrected chi connectivity index (χ0v) is 9.12. The van der Waals surface area contributed by atoms with Crippen LogP contribution in [0.2, 0.25) is 0 Å². The van der Waals surface area contributed by atoms with Crippen molar-refractivity contribution in [1.29, 1.82) is 0 Å². The van der Waals surface area contributed by atoms with Gasteiger partial charge in [-0.25, -0.2) is 0 Å². The minimum atomic E-state index is 0.941. The molecule has 1 aliphatic rings. The molecular formula is C12H17N2O. The molecule has 0 aliphatic carbocycles. The van der Waals surface area contributed by atoms with Crippen LogP contribution in [0.15, 0.2) is 18.2 Å². The van der Waals surface area contributed by atoms with E-state index < -0.39 is 0 Å². The van der Waals surface area contributed by atoms with Gasteiger partial charge in [-0.15, -0.1) is 0 Å². The molecule has 3 nitrogen and oxygen atoms in total. The van der Waals surface area contributed by atoms with Gasteiger partial charge in [0.05, 0.1) is 7.11 Å². The Morgan fingerprint density at radius 1 is 1.47 bits per heavy atom. The van der Waals surface area contributed by atoms with Crippen LogP contribution in [0, 0.1) is 6.07 Å². The molecule has 1 fully saturated rings. The number of rotatable bonds is 3.